The molecule has 3 aromatic rings. The zero-order chi connectivity index (χ0) is 18.8. The van der Waals surface area contributed by atoms with Crippen molar-refractivity contribution in [3.05, 3.63) is 65.7 Å². The highest BCUT2D eigenvalue weighted by atomic mass is 16.6. The van der Waals surface area contributed by atoms with E-state index in [4.69, 9.17) is 9.72 Å². The van der Waals surface area contributed by atoms with Gasteiger partial charge in [-0.15, -0.1) is 0 Å². The molecule has 4 rings (SSSR count). The largest absolute Gasteiger partial charge is 0.447 e. The third-order valence-corrected chi connectivity index (χ3v) is 4.73. The van der Waals surface area contributed by atoms with Gasteiger partial charge in [-0.25, -0.2) is 9.78 Å². The number of hydrogen-bond donors (Lipinski definition) is 2. The first-order valence-electron chi connectivity index (χ1n) is 9.31. The summed E-state index contributed by atoms with van der Waals surface area (Å²) in [6, 6.07) is 18.5. The summed E-state index contributed by atoms with van der Waals surface area (Å²) in [6.45, 7) is 3.64. The third-order valence-electron chi connectivity index (χ3n) is 4.73. The second-order valence-electron chi connectivity index (χ2n) is 7.12. The van der Waals surface area contributed by atoms with E-state index in [0.717, 1.165) is 29.6 Å². The number of pyridine rings is 1. The van der Waals surface area contributed by atoms with Crippen molar-refractivity contribution in [2.24, 2.45) is 0 Å². The zero-order valence-corrected chi connectivity index (χ0v) is 15.5. The maximum atomic E-state index is 11.7. The molecule has 5 nitrogen and oxygen atoms in total. The molecule has 1 aromatic heterocycles. The van der Waals surface area contributed by atoms with Gasteiger partial charge in [0.05, 0.1) is 17.7 Å². The maximum Gasteiger partial charge on any atom is 0.411 e. The van der Waals surface area contributed by atoms with E-state index in [1.165, 1.54) is 11.1 Å². The summed E-state index contributed by atoms with van der Waals surface area (Å²) in [7, 11) is 0. The molecule has 1 aliphatic rings. The quantitative estimate of drug-likeness (QED) is 0.663. The second-order valence-corrected chi connectivity index (χ2v) is 7.12. The number of amides is 1. The average molecular weight is 361 g/mol. The zero-order valence-electron chi connectivity index (χ0n) is 15.5. The van der Waals surface area contributed by atoms with Crippen molar-refractivity contribution in [3.8, 4) is 0 Å². The number of fused-ring (bicyclic) bond motifs is 2. The van der Waals surface area contributed by atoms with E-state index in [2.05, 4.69) is 34.9 Å². The minimum atomic E-state index is -0.449. The van der Waals surface area contributed by atoms with Crippen LogP contribution in [0, 0.1) is 0 Å². The van der Waals surface area contributed by atoms with Crippen LogP contribution in [0.2, 0.25) is 0 Å². The second kappa shape index (κ2) is 7.27. The number of ether oxygens (including phenoxy) is 1. The number of aryl methyl sites for hydroxylation is 1. The molecular weight excluding hydrogens is 338 g/mol. The highest BCUT2D eigenvalue weighted by molar-refractivity contribution is 5.90. The van der Waals surface area contributed by atoms with Gasteiger partial charge < -0.3 is 10.1 Å². The van der Waals surface area contributed by atoms with E-state index in [1.807, 2.05) is 44.2 Å². The predicted molar refractivity (Wildman–Crippen MR) is 108 cm³/mol. The number of rotatable bonds is 4. The van der Waals surface area contributed by atoms with E-state index < -0.39 is 6.09 Å². The SMILES string of the molecule is CC(C)OC(=O)Nc1ccc2nc(NC3CCc4ccccc43)ccc2c1. The van der Waals surface area contributed by atoms with Crippen LogP contribution in [0.5, 0.6) is 0 Å². The Morgan fingerprint density at radius 3 is 2.85 bits per heavy atom. The lowest BCUT2D eigenvalue weighted by atomic mass is 10.1. The summed E-state index contributed by atoms with van der Waals surface area (Å²) < 4.78 is 5.11. The van der Waals surface area contributed by atoms with Gasteiger partial charge in [0.1, 0.15) is 5.82 Å². The molecule has 0 saturated carbocycles. The molecule has 0 radical (unpaired) electrons. The van der Waals surface area contributed by atoms with Crippen LogP contribution in [-0.4, -0.2) is 17.2 Å². The number of nitrogens with one attached hydrogen (secondary N) is 2. The van der Waals surface area contributed by atoms with Crippen LogP contribution in [0.25, 0.3) is 10.9 Å². The number of nitrogens with zero attached hydrogens (tertiary/aromatic N) is 1. The summed E-state index contributed by atoms with van der Waals surface area (Å²) in [4.78, 5) is 16.5. The van der Waals surface area contributed by atoms with Crippen LogP contribution in [-0.2, 0) is 11.2 Å². The molecule has 138 valence electrons. The third kappa shape index (κ3) is 3.87. The molecule has 0 spiro atoms. The summed E-state index contributed by atoms with van der Waals surface area (Å²) in [5, 5.41) is 7.27. The molecule has 0 bridgehead atoms. The number of benzene rings is 2. The number of carbonyl (C=O) groups is 1. The monoisotopic (exact) mass is 361 g/mol. The van der Waals surface area contributed by atoms with E-state index >= 15 is 0 Å². The predicted octanol–water partition coefficient (Wildman–Crippen LogP) is 5.29. The number of carbonyl (C=O) groups excluding carboxylic acids is 1. The first kappa shape index (κ1) is 17.3. The van der Waals surface area contributed by atoms with Crippen LogP contribution >= 0.6 is 0 Å². The van der Waals surface area contributed by atoms with Crippen LogP contribution < -0.4 is 10.6 Å². The van der Waals surface area contributed by atoms with Crippen LogP contribution in [0.4, 0.5) is 16.3 Å². The molecule has 1 aliphatic carbocycles. The number of hydrogen-bond acceptors (Lipinski definition) is 4. The molecular formula is C22H23N3O2. The standard InChI is InChI=1S/C22H23N3O2/c1-14(2)27-22(26)23-17-9-11-19-16(13-17)8-12-21(24-19)25-20-10-7-15-5-3-4-6-18(15)20/h3-6,8-9,11-14,20H,7,10H2,1-2H3,(H,23,26)(H,24,25). The van der Waals surface area contributed by atoms with Gasteiger partial charge >= 0.3 is 6.09 Å². The first-order chi connectivity index (χ1) is 13.1. The molecule has 2 aromatic carbocycles. The molecule has 0 saturated heterocycles. The van der Waals surface area contributed by atoms with Crippen molar-refractivity contribution in [2.75, 3.05) is 10.6 Å². The smallest absolute Gasteiger partial charge is 0.411 e. The van der Waals surface area contributed by atoms with Crippen molar-refractivity contribution >= 4 is 28.5 Å². The summed E-state index contributed by atoms with van der Waals surface area (Å²) in [5.41, 5.74) is 4.36. The Morgan fingerprint density at radius 1 is 1.15 bits per heavy atom. The summed E-state index contributed by atoms with van der Waals surface area (Å²) >= 11 is 0. The molecule has 1 unspecified atom stereocenters. The van der Waals surface area contributed by atoms with Gasteiger partial charge in [-0.2, -0.15) is 0 Å². The molecule has 1 atom stereocenters. The number of anilines is 2. The van der Waals surface area contributed by atoms with Crippen molar-refractivity contribution in [2.45, 2.75) is 38.8 Å². The fourth-order valence-electron chi connectivity index (χ4n) is 3.53. The van der Waals surface area contributed by atoms with E-state index in [-0.39, 0.29) is 6.10 Å². The van der Waals surface area contributed by atoms with Gasteiger partial charge in [0.25, 0.3) is 0 Å². The Bertz CT molecular complexity index is 984. The Morgan fingerprint density at radius 2 is 2.00 bits per heavy atom. The molecule has 0 fully saturated rings. The van der Waals surface area contributed by atoms with Crippen molar-refractivity contribution in [1.29, 1.82) is 0 Å². The van der Waals surface area contributed by atoms with Gasteiger partial charge in [-0.3, -0.25) is 5.32 Å². The van der Waals surface area contributed by atoms with Crippen LogP contribution in [0.15, 0.2) is 54.6 Å². The normalized spacial score (nSPS) is 15.6. The van der Waals surface area contributed by atoms with Crippen LogP contribution in [0.1, 0.15) is 37.4 Å². The van der Waals surface area contributed by atoms with Crippen molar-refractivity contribution < 1.29 is 9.53 Å². The fourth-order valence-corrected chi connectivity index (χ4v) is 3.53. The highest BCUT2D eigenvalue weighted by Gasteiger charge is 2.21. The Hall–Kier alpha value is -3.08. The Labute approximate surface area is 158 Å². The van der Waals surface area contributed by atoms with Gasteiger partial charge in [0.15, 0.2) is 0 Å². The lowest BCUT2D eigenvalue weighted by Crippen LogP contribution is -2.17. The van der Waals surface area contributed by atoms with Gasteiger partial charge in [-0.1, -0.05) is 24.3 Å². The van der Waals surface area contributed by atoms with Gasteiger partial charge in [0.2, 0.25) is 0 Å². The topological polar surface area (TPSA) is 63.2 Å². The molecule has 0 aliphatic heterocycles. The molecule has 1 heterocycles. The van der Waals surface area contributed by atoms with Crippen LogP contribution in [0.3, 0.4) is 0 Å². The minimum absolute atomic E-state index is 0.151. The molecule has 27 heavy (non-hydrogen) atoms. The van der Waals surface area contributed by atoms with Crippen molar-refractivity contribution in [3.63, 3.8) is 0 Å². The lowest BCUT2D eigenvalue weighted by molar-refractivity contribution is 0.130. The molecule has 2 N–H and O–H groups in total. The summed E-state index contributed by atoms with van der Waals surface area (Å²) in [6.07, 6.45) is 1.58. The molecule has 1 amide bonds. The maximum absolute atomic E-state index is 11.7. The Kier molecular flexibility index (Phi) is 4.67. The van der Waals surface area contributed by atoms with Gasteiger partial charge in [-0.05, 0) is 68.1 Å². The number of aromatic nitrogens is 1. The van der Waals surface area contributed by atoms with Crippen molar-refractivity contribution in [1.82, 2.24) is 4.98 Å². The van der Waals surface area contributed by atoms with E-state index in [0.29, 0.717) is 11.7 Å². The fraction of sp³-hybridized carbons (Fsp3) is 0.273. The highest BCUT2D eigenvalue weighted by Crippen LogP contribution is 2.33. The van der Waals surface area contributed by atoms with E-state index in [1.54, 1.807) is 0 Å². The Balaban J connectivity index is 1.50. The lowest BCUT2D eigenvalue weighted by Gasteiger charge is -2.15. The van der Waals surface area contributed by atoms with Gasteiger partial charge in [0, 0.05) is 11.1 Å². The minimum Gasteiger partial charge on any atom is -0.447 e. The summed E-state index contributed by atoms with van der Waals surface area (Å²) in [5.74, 6) is 0.865. The van der Waals surface area contributed by atoms with E-state index in [9.17, 15) is 4.79 Å². The first-order valence-corrected chi connectivity index (χ1v) is 9.31. The average Bonchev–Trinajstić information content (AvgIpc) is 3.04. The molecule has 5 heteroatoms.